The van der Waals surface area contributed by atoms with Gasteiger partial charge < -0.3 is 9.47 Å². The molecule has 150 valence electrons. The normalized spacial score (nSPS) is 12.2. The van der Waals surface area contributed by atoms with Crippen LogP contribution in [0.3, 0.4) is 0 Å². The van der Waals surface area contributed by atoms with Crippen molar-refractivity contribution in [3.05, 3.63) is 60.2 Å². The molecule has 2 rings (SSSR count). The van der Waals surface area contributed by atoms with Gasteiger partial charge in [-0.2, -0.15) is 0 Å². The predicted molar refractivity (Wildman–Crippen MR) is 105 cm³/mol. The SMILES string of the molecule is COC(=O)C(=O)C(CCCc1ccccc1)CS(=O)(=O)c1ccc(OC)cc1. The third-order valence-electron chi connectivity index (χ3n) is 4.46. The molecule has 28 heavy (non-hydrogen) atoms. The Bertz CT molecular complexity index is 888. The Morgan fingerprint density at radius 3 is 2.18 bits per heavy atom. The molecule has 0 fully saturated rings. The van der Waals surface area contributed by atoms with Gasteiger partial charge in [0.15, 0.2) is 9.84 Å². The van der Waals surface area contributed by atoms with E-state index in [9.17, 15) is 18.0 Å². The Morgan fingerprint density at radius 2 is 1.61 bits per heavy atom. The maximum Gasteiger partial charge on any atom is 0.374 e. The van der Waals surface area contributed by atoms with E-state index in [0.29, 0.717) is 18.6 Å². The van der Waals surface area contributed by atoms with Crippen LogP contribution in [0.4, 0.5) is 0 Å². The van der Waals surface area contributed by atoms with Gasteiger partial charge in [-0.05, 0) is 49.1 Å². The van der Waals surface area contributed by atoms with Crippen LogP contribution in [0.5, 0.6) is 5.75 Å². The maximum atomic E-state index is 12.7. The van der Waals surface area contributed by atoms with E-state index in [1.54, 1.807) is 12.1 Å². The molecule has 6 nitrogen and oxygen atoms in total. The zero-order valence-electron chi connectivity index (χ0n) is 16.0. The van der Waals surface area contributed by atoms with Crippen molar-refractivity contribution in [2.45, 2.75) is 24.2 Å². The summed E-state index contributed by atoms with van der Waals surface area (Å²) in [5, 5.41) is 0. The number of esters is 1. The Kier molecular flexibility index (Phi) is 7.75. The number of methoxy groups -OCH3 is 2. The zero-order valence-corrected chi connectivity index (χ0v) is 16.8. The third kappa shape index (κ3) is 5.92. The van der Waals surface area contributed by atoms with Gasteiger partial charge in [-0.1, -0.05) is 30.3 Å². The number of Topliss-reactive ketones (excluding diaryl/α,β-unsaturated/α-hetero) is 1. The van der Waals surface area contributed by atoms with Crippen LogP contribution in [0, 0.1) is 5.92 Å². The molecule has 0 aliphatic rings. The van der Waals surface area contributed by atoms with Gasteiger partial charge in [0.1, 0.15) is 5.75 Å². The Balaban J connectivity index is 2.13. The minimum atomic E-state index is -3.75. The van der Waals surface area contributed by atoms with Gasteiger partial charge in [0.2, 0.25) is 5.78 Å². The first-order valence-electron chi connectivity index (χ1n) is 8.90. The Labute approximate surface area is 165 Å². The monoisotopic (exact) mass is 404 g/mol. The minimum absolute atomic E-state index is 0.0824. The van der Waals surface area contributed by atoms with Gasteiger partial charge in [-0.3, -0.25) is 4.79 Å². The maximum absolute atomic E-state index is 12.7. The molecule has 1 unspecified atom stereocenters. The first-order valence-corrected chi connectivity index (χ1v) is 10.6. The smallest absolute Gasteiger partial charge is 0.374 e. The van der Waals surface area contributed by atoms with Crippen LogP contribution in [0.25, 0.3) is 0 Å². The molecule has 0 aromatic heterocycles. The second-order valence-electron chi connectivity index (χ2n) is 6.39. The van der Waals surface area contributed by atoms with Crippen molar-refractivity contribution in [2.75, 3.05) is 20.0 Å². The summed E-state index contributed by atoms with van der Waals surface area (Å²) in [6, 6.07) is 15.6. The fourth-order valence-corrected chi connectivity index (χ4v) is 4.49. The molecule has 0 aliphatic heterocycles. The van der Waals surface area contributed by atoms with Gasteiger partial charge in [-0.25, -0.2) is 13.2 Å². The lowest BCUT2D eigenvalue weighted by Crippen LogP contribution is -2.30. The van der Waals surface area contributed by atoms with Gasteiger partial charge in [-0.15, -0.1) is 0 Å². The second-order valence-corrected chi connectivity index (χ2v) is 8.42. The van der Waals surface area contributed by atoms with Crippen LogP contribution in [0.1, 0.15) is 18.4 Å². The highest BCUT2D eigenvalue weighted by molar-refractivity contribution is 7.91. The van der Waals surface area contributed by atoms with Crippen LogP contribution < -0.4 is 4.74 Å². The summed E-state index contributed by atoms with van der Waals surface area (Å²) in [5.74, 6) is -2.70. The summed E-state index contributed by atoms with van der Waals surface area (Å²) in [4.78, 5) is 24.2. The minimum Gasteiger partial charge on any atom is -0.497 e. The first kappa shape index (κ1) is 21.6. The topological polar surface area (TPSA) is 86.7 Å². The number of aryl methyl sites for hydroxylation is 1. The van der Waals surface area contributed by atoms with Gasteiger partial charge in [0.25, 0.3) is 0 Å². The largest absolute Gasteiger partial charge is 0.497 e. The second kappa shape index (κ2) is 10.0. The summed E-state index contributed by atoms with van der Waals surface area (Å²) < 4.78 is 35.0. The van der Waals surface area contributed by atoms with Crippen molar-refractivity contribution in [1.29, 1.82) is 0 Å². The standard InChI is InChI=1S/C21H24O6S/c1-26-18-11-13-19(14-12-18)28(24,25)15-17(20(22)21(23)27-2)10-6-9-16-7-4-3-5-8-16/h3-5,7-8,11-14,17H,6,9-10,15H2,1-2H3. The molecule has 0 bridgehead atoms. The van der Waals surface area contributed by atoms with Gasteiger partial charge in [0, 0.05) is 5.92 Å². The molecular weight excluding hydrogens is 380 g/mol. The molecule has 0 heterocycles. The van der Waals surface area contributed by atoms with E-state index < -0.39 is 33.3 Å². The molecule has 0 saturated carbocycles. The molecular formula is C21H24O6S. The van der Waals surface area contributed by atoms with Crippen molar-refractivity contribution < 1.29 is 27.5 Å². The number of rotatable bonds is 10. The number of hydrogen-bond donors (Lipinski definition) is 0. The number of carbonyl (C=O) groups excluding carboxylic acids is 2. The highest BCUT2D eigenvalue weighted by atomic mass is 32.2. The zero-order chi connectivity index (χ0) is 20.6. The highest BCUT2D eigenvalue weighted by Gasteiger charge is 2.31. The predicted octanol–water partition coefficient (Wildman–Crippen LogP) is 2.85. The molecule has 0 N–H and O–H groups in total. The van der Waals surface area contributed by atoms with Crippen molar-refractivity contribution in [1.82, 2.24) is 0 Å². The quantitative estimate of drug-likeness (QED) is 0.447. The van der Waals surface area contributed by atoms with Crippen molar-refractivity contribution in [3.63, 3.8) is 0 Å². The van der Waals surface area contributed by atoms with E-state index in [4.69, 9.17) is 4.74 Å². The van der Waals surface area contributed by atoms with E-state index in [2.05, 4.69) is 4.74 Å². The first-order chi connectivity index (χ1) is 13.4. The molecule has 2 aromatic carbocycles. The van der Waals surface area contributed by atoms with Crippen LogP contribution in [0.2, 0.25) is 0 Å². The van der Waals surface area contributed by atoms with E-state index in [-0.39, 0.29) is 11.3 Å². The molecule has 0 spiro atoms. The highest BCUT2D eigenvalue weighted by Crippen LogP contribution is 2.22. The summed E-state index contributed by atoms with van der Waals surface area (Å²) in [6.45, 7) is 0. The third-order valence-corrected chi connectivity index (χ3v) is 6.29. The van der Waals surface area contributed by atoms with E-state index in [0.717, 1.165) is 12.7 Å². The lowest BCUT2D eigenvalue weighted by molar-refractivity contribution is -0.153. The average molecular weight is 404 g/mol. The van der Waals surface area contributed by atoms with E-state index >= 15 is 0 Å². The van der Waals surface area contributed by atoms with Crippen molar-refractivity contribution >= 4 is 21.6 Å². The number of hydrogen-bond acceptors (Lipinski definition) is 6. The molecule has 0 saturated heterocycles. The number of ketones is 1. The summed E-state index contributed by atoms with van der Waals surface area (Å²) in [6.07, 6.45) is 1.54. The van der Waals surface area contributed by atoms with Crippen LogP contribution in [0.15, 0.2) is 59.5 Å². The number of carbonyl (C=O) groups is 2. The molecule has 0 radical (unpaired) electrons. The summed E-state index contributed by atoms with van der Waals surface area (Å²) in [5.41, 5.74) is 1.09. The van der Waals surface area contributed by atoms with Crippen LogP contribution in [-0.2, 0) is 30.6 Å². The fraction of sp³-hybridized carbons (Fsp3) is 0.333. The molecule has 0 aliphatic carbocycles. The van der Waals surface area contributed by atoms with E-state index in [1.807, 2.05) is 30.3 Å². The van der Waals surface area contributed by atoms with Crippen LogP contribution >= 0.6 is 0 Å². The Morgan fingerprint density at radius 1 is 0.964 bits per heavy atom. The van der Waals surface area contributed by atoms with Crippen molar-refractivity contribution in [3.8, 4) is 5.75 Å². The van der Waals surface area contributed by atoms with Crippen LogP contribution in [-0.4, -0.2) is 40.1 Å². The summed E-state index contributed by atoms with van der Waals surface area (Å²) in [7, 11) is -1.15. The average Bonchev–Trinajstić information content (AvgIpc) is 2.72. The fourth-order valence-electron chi connectivity index (χ4n) is 2.90. The molecule has 0 amide bonds. The number of ether oxygens (including phenoxy) is 2. The lowest BCUT2D eigenvalue weighted by atomic mass is 9.97. The van der Waals surface area contributed by atoms with E-state index in [1.165, 1.54) is 19.2 Å². The van der Waals surface area contributed by atoms with Gasteiger partial charge >= 0.3 is 5.97 Å². The molecule has 1 atom stereocenters. The van der Waals surface area contributed by atoms with Gasteiger partial charge in [0.05, 0.1) is 24.9 Å². The lowest BCUT2D eigenvalue weighted by Gasteiger charge is -2.15. The summed E-state index contributed by atoms with van der Waals surface area (Å²) >= 11 is 0. The Hall–Kier alpha value is -2.67. The molecule has 2 aromatic rings. The number of sulfone groups is 1. The van der Waals surface area contributed by atoms with Crippen molar-refractivity contribution in [2.24, 2.45) is 5.92 Å². The number of benzene rings is 2. The molecule has 7 heteroatoms.